The van der Waals surface area contributed by atoms with E-state index in [2.05, 4.69) is 0 Å². The second kappa shape index (κ2) is 6.04. The summed E-state index contributed by atoms with van der Waals surface area (Å²) in [6.07, 6.45) is -0.255. The zero-order valence-corrected chi connectivity index (χ0v) is 11.0. The highest BCUT2D eigenvalue weighted by Gasteiger charge is 2.21. The van der Waals surface area contributed by atoms with Crippen molar-refractivity contribution in [2.45, 2.75) is 6.42 Å². The first-order chi connectivity index (χ1) is 9.08. The number of hydrogen-bond acceptors (Lipinski definition) is 4. The van der Waals surface area contributed by atoms with E-state index in [4.69, 9.17) is 16.3 Å². The molecule has 0 spiro atoms. The maximum Gasteiger partial charge on any atom is 0.230 e. The Bertz CT molecular complexity index is 497. The van der Waals surface area contributed by atoms with E-state index in [1.165, 1.54) is 18.2 Å². The van der Waals surface area contributed by atoms with Crippen LogP contribution in [0, 0.1) is 0 Å². The minimum absolute atomic E-state index is 0.117. The average molecular weight is 284 g/mol. The van der Waals surface area contributed by atoms with Gasteiger partial charge in [0, 0.05) is 18.1 Å². The van der Waals surface area contributed by atoms with Crippen molar-refractivity contribution < 1.29 is 19.4 Å². The largest absolute Gasteiger partial charge is 0.507 e. The standard InChI is InChI=1S/C13H14ClNO4/c14-9-1-2-10(11(16)7-9)12(17)8-13(18)15-3-5-19-6-4-15/h1-2,7,16H,3-6,8H2. The van der Waals surface area contributed by atoms with Gasteiger partial charge in [-0.05, 0) is 18.2 Å². The van der Waals surface area contributed by atoms with E-state index in [0.717, 1.165) is 0 Å². The predicted octanol–water partition coefficient (Wildman–Crippen LogP) is 1.48. The minimum atomic E-state index is -0.411. The fourth-order valence-corrected chi connectivity index (χ4v) is 2.06. The number of morpholine rings is 1. The smallest absolute Gasteiger partial charge is 0.230 e. The van der Waals surface area contributed by atoms with E-state index in [1.807, 2.05) is 0 Å². The van der Waals surface area contributed by atoms with Crippen molar-refractivity contribution in [1.82, 2.24) is 4.90 Å². The molecular formula is C13H14ClNO4. The van der Waals surface area contributed by atoms with Crippen molar-refractivity contribution >= 4 is 23.3 Å². The topological polar surface area (TPSA) is 66.8 Å². The highest BCUT2D eigenvalue weighted by Crippen LogP contribution is 2.23. The van der Waals surface area contributed by atoms with Crippen molar-refractivity contribution in [3.63, 3.8) is 0 Å². The number of Topliss-reactive ketones (excluding diaryl/α,β-unsaturated/α-hetero) is 1. The Hall–Kier alpha value is -1.59. The van der Waals surface area contributed by atoms with Crippen LogP contribution in [0.25, 0.3) is 0 Å². The van der Waals surface area contributed by atoms with Gasteiger partial charge in [-0.1, -0.05) is 11.6 Å². The molecule has 0 aliphatic carbocycles. The van der Waals surface area contributed by atoms with Gasteiger partial charge in [-0.15, -0.1) is 0 Å². The number of phenols is 1. The van der Waals surface area contributed by atoms with E-state index in [9.17, 15) is 14.7 Å². The van der Waals surface area contributed by atoms with Crippen LogP contribution in [0.5, 0.6) is 5.75 Å². The van der Waals surface area contributed by atoms with Crippen molar-refractivity contribution in [3.05, 3.63) is 28.8 Å². The third-order valence-corrected chi connectivity index (χ3v) is 3.17. The zero-order chi connectivity index (χ0) is 13.8. The fourth-order valence-electron chi connectivity index (χ4n) is 1.90. The van der Waals surface area contributed by atoms with Gasteiger partial charge in [-0.3, -0.25) is 9.59 Å². The molecule has 102 valence electrons. The molecule has 1 amide bonds. The Morgan fingerprint density at radius 1 is 1.32 bits per heavy atom. The van der Waals surface area contributed by atoms with E-state index in [-0.39, 0.29) is 23.6 Å². The Morgan fingerprint density at radius 2 is 2.00 bits per heavy atom. The first kappa shape index (κ1) is 13.8. The molecule has 0 aromatic heterocycles. The quantitative estimate of drug-likeness (QED) is 0.674. The first-order valence-corrected chi connectivity index (χ1v) is 6.33. The lowest BCUT2D eigenvalue weighted by Crippen LogP contribution is -2.41. The number of benzene rings is 1. The highest BCUT2D eigenvalue weighted by molar-refractivity contribution is 6.31. The van der Waals surface area contributed by atoms with Crippen LogP contribution in [0.2, 0.25) is 5.02 Å². The average Bonchev–Trinajstić information content (AvgIpc) is 2.39. The third-order valence-electron chi connectivity index (χ3n) is 2.94. The summed E-state index contributed by atoms with van der Waals surface area (Å²) in [5, 5.41) is 9.98. The molecule has 0 bridgehead atoms. The normalized spacial score (nSPS) is 15.3. The van der Waals surface area contributed by atoms with Crippen molar-refractivity contribution in [2.75, 3.05) is 26.3 Å². The number of ether oxygens (including phenoxy) is 1. The molecule has 0 atom stereocenters. The fraction of sp³-hybridized carbons (Fsp3) is 0.385. The van der Waals surface area contributed by atoms with E-state index in [0.29, 0.717) is 31.3 Å². The molecule has 1 aliphatic heterocycles. The van der Waals surface area contributed by atoms with Crippen LogP contribution in [0.3, 0.4) is 0 Å². The number of nitrogens with zero attached hydrogens (tertiary/aromatic N) is 1. The number of phenolic OH excluding ortho intramolecular Hbond substituents is 1. The summed E-state index contributed by atoms with van der Waals surface area (Å²) in [5.74, 6) is -0.861. The van der Waals surface area contributed by atoms with Crippen molar-refractivity contribution in [3.8, 4) is 5.75 Å². The van der Waals surface area contributed by atoms with Gasteiger partial charge in [-0.25, -0.2) is 0 Å². The predicted molar refractivity (Wildman–Crippen MR) is 69.5 cm³/mol. The summed E-state index contributed by atoms with van der Waals surface area (Å²) in [5.41, 5.74) is 0.117. The second-order valence-electron chi connectivity index (χ2n) is 4.25. The number of carbonyl (C=O) groups is 2. The molecule has 0 unspecified atom stereocenters. The minimum Gasteiger partial charge on any atom is -0.507 e. The Morgan fingerprint density at radius 3 is 2.63 bits per heavy atom. The lowest BCUT2D eigenvalue weighted by molar-refractivity contribution is -0.134. The summed E-state index contributed by atoms with van der Waals surface area (Å²) in [4.78, 5) is 25.4. The molecule has 6 heteroatoms. The molecule has 2 rings (SSSR count). The summed E-state index contributed by atoms with van der Waals surface area (Å²) >= 11 is 5.69. The van der Waals surface area contributed by atoms with Gasteiger partial charge < -0.3 is 14.7 Å². The lowest BCUT2D eigenvalue weighted by Gasteiger charge is -2.26. The maximum atomic E-state index is 11.9. The summed E-state index contributed by atoms with van der Waals surface area (Å²) in [6.45, 7) is 1.98. The molecule has 19 heavy (non-hydrogen) atoms. The van der Waals surface area contributed by atoms with Gasteiger partial charge >= 0.3 is 0 Å². The van der Waals surface area contributed by atoms with Crippen molar-refractivity contribution in [2.24, 2.45) is 0 Å². The summed E-state index contributed by atoms with van der Waals surface area (Å²) in [6, 6.07) is 4.22. The molecular weight excluding hydrogens is 270 g/mol. The number of carbonyl (C=O) groups excluding carboxylic acids is 2. The number of amides is 1. The molecule has 1 aromatic rings. The van der Waals surface area contributed by atoms with Crippen LogP contribution < -0.4 is 0 Å². The molecule has 1 fully saturated rings. The first-order valence-electron chi connectivity index (χ1n) is 5.95. The molecule has 1 saturated heterocycles. The summed E-state index contributed by atoms with van der Waals surface area (Å²) in [7, 11) is 0. The highest BCUT2D eigenvalue weighted by atomic mass is 35.5. The number of aromatic hydroxyl groups is 1. The number of hydrogen-bond donors (Lipinski definition) is 1. The Kier molecular flexibility index (Phi) is 4.39. The van der Waals surface area contributed by atoms with Crippen LogP contribution >= 0.6 is 11.6 Å². The number of rotatable bonds is 3. The van der Waals surface area contributed by atoms with Gasteiger partial charge in [0.2, 0.25) is 5.91 Å². The molecule has 1 N–H and O–H groups in total. The molecule has 1 aromatic carbocycles. The maximum absolute atomic E-state index is 11.9. The van der Waals surface area contributed by atoms with Gasteiger partial charge in [0.1, 0.15) is 5.75 Å². The second-order valence-corrected chi connectivity index (χ2v) is 4.69. The van der Waals surface area contributed by atoms with E-state index < -0.39 is 5.78 Å². The molecule has 5 nitrogen and oxygen atoms in total. The van der Waals surface area contributed by atoms with Gasteiger partial charge in [-0.2, -0.15) is 0 Å². The van der Waals surface area contributed by atoms with Crippen molar-refractivity contribution in [1.29, 1.82) is 0 Å². The molecule has 1 aliphatic rings. The van der Waals surface area contributed by atoms with Gasteiger partial charge in [0.05, 0.1) is 25.2 Å². The van der Waals surface area contributed by atoms with Crippen LogP contribution in [0.15, 0.2) is 18.2 Å². The van der Waals surface area contributed by atoms with Crippen LogP contribution in [-0.4, -0.2) is 48.0 Å². The van der Waals surface area contributed by atoms with Gasteiger partial charge in [0.25, 0.3) is 0 Å². The van der Waals surface area contributed by atoms with Gasteiger partial charge in [0.15, 0.2) is 5.78 Å². The third kappa shape index (κ3) is 3.45. The molecule has 1 heterocycles. The van der Waals surface area contributed by atoms with Crippen LogP contribution in [0.1, 0.15) is 16.8 Å². The SMILES string of the molecule is O=C(CC(=O)N1CCOCC1)c1ccc(Cl)cc1O. The monoisotopic (exact) mass is 283 g/mol. The number of ketones is 1. The van der Waals surface area contributed by atoms with Crippen LogP contribution in [-0.2, 0) is 9.53 Å². The van der Waals surface area contributed by atoms with E-state index in [1.54, 1.807) is 4.90 Å². The molecule has 0 saturated carbocycles. The van der Waals surface area contributed by atoms with E-state index >= 15 is 0 Å². The van der Waals surface area contributed by atoms with Crippen LogP contribution in [0.4, 0.5) is 0 Å². The molecule has 0 radical (unpaired) electrons. The lowest BCUT2D eigenvalue weighted by atomic mass is 10.1. The number of halogens is 1. The summed E-state index contributed by atoms with van der Waals surface area (Å²) < 4.78 is 5.14. The Balaban J connectivity index is 2.02. The zero-order valence-electron chi connectivity index (χ0n) is 10.3. The Labute approximate surface area is 115 Å².